The lowest BCUT2D eigenvalue weighted by molar-refractivity contribution is -0.150. The molecule has 2 atom stereocenters. The molecule has 2 fully saturated rings. The highest BCUT2D eigenvalue weighted by atomic mass is 32.2. The van der Waals surface area contributed by atoms with Crippen molar-refractivity contribution in [3.05, 3.63) is 0 Å². The van der Waals surface area contributed by atoms with Gasteiger partial charge in [0, 0.05) is 6.42 Å². The second-order valence-electron chi connectivity index (χ2n) is 5.53. The van der Waals surface area contributed by atoms with E-state index >= 15 is 0 Å². The molecule has 0 aromatic rings. The van der Waals surface area contributed by atoms with Crippen LogP contribution in [0.15, 0.2) is 0 Å². The van der Waals surface area contributed by atoms with Crippen molar-refractivity contribution in [2.45, 2.75) is 45.0 Å². The van der Waals surface area contributed by atoms with Crippen LogP contribution in [0.25, 0.3) is 0 Å². The van der Waals surface area contributed by atoms with Crippen LogP contribution in [0.3, 0.4) is 0 Å². The molecular weight excluding hydrogens is 196 g/mol. The number of thioether (sulfide) groups is 1. The van der Waals surface area contributed by atoms with Gasteiger partial charge in [-0.2, -0.15) is 0 Å². The fraction of sp³-hybridized carbons (Fsp3) is 0.909. The van der Waals surface area contributed by atoms with Gasteiger partial charge >= 0.3 is 5.97 Å². The second kappa shape index (κ2) is 3.16. The van der Waals surface area contributed by atoms with Crippen molar-refractivity contribution in [2.24, 2.45) is 11.3 Å². The normalized spacial score (nSPS) is 41.4. The van der Waals surface area contributed by atoms with Crippen LogP contribution in [0.2, 0.25) is 0 Å². The molecule has 80 valence electrons. The van der Waals surface area contributed by atoms with Gasteiger partial charge in [-0.05, 0) is 24.2 Å². The summed E-state index contributed by atoms with van der Waals surface area (Å²) in [6.45, 7) is 6.81. The Hall–Kier alpha value is -0.180. The van der Waals surface area contributed by atoms with Crippen molar-refractivity contribution in [1.82, 2.24) is 0 Å². The minimum atomic E-state index is -0.182. The Morgan fingerprint density at radius 1 is 1.43 bits per heavy atom. The molecule has 0 radical (unpaired) electrons. The maximum Gasteiger partial charge on any atom is 0.317 e. The lowest BCUT2D eigenvalue weighted by atomic mass is 9.71. The first kappa shape index (κ1) is 10.3. The monoisotopic (exact) mass is 214 g/mol. The number of hydrogen-bond acceptors (Lipinski definition) is 3. The molecule has 2 rings (SSSR count). The summed E-state index contributed by atoms with van der Waals surface area (Å²) in [5, 5.41) is 0. The lowest BCUT2D eigenvalue weighted by Crippen LogP contribution is -2.39. The third-order valence-corrected chi connectivity index (χ3v) is 4.36. The van der Waals surface area contributed by atoms with E-state index in [0.717, 1.165) is 12.8 Å². The first-order valence-corrected chi connectivity index (χ1v) is 6.25. The topological polar surface area (TPSA) is 26.3 Å². The number of rotatable bonds is 0. The van der Waals surface area contributed by atoms with Gasteiger partial charge in [0.2, 0.25) is 0 Å². The van der Waals surface area contributed by atoms with E-state index in [0.29, 0.717) is 17.1 Å². The largest absolute Gasteiger partial charge is 0.447 e. The minimum absolute atomic E-state index is 0.0279. The molecule has 2 aliphatic rings. The maximum absolute atomic E-state index is 11.2. The van der Waals surface area contributed by atoms with E-state index in [-0.39, 0.29) is 10.9 Å². The molecule has 0 aromatic carbocycles. The van der Waals surface area contributed by atoms with Crippen LogP contribution in [0.4, 0.5) is 0 Å². The molecule has 1 heterocycles. The Labute approximate surface area is 89.8 Å². The van der Waals surface area contributed by atoms with E-state index in [1.165, 1.54) is 6.42 Å². The van der Waals surface area contributed by atoms with Crippen molar-refractivity contribution in [1.29, 1.82) is 0 Å². The molecule has 1 saturated heterocycles. The first-order valence-electron chi connectivity index (χ1n) is 5.27. The van der Waals surface area contributed by atoms with Gasteiger partial charge in [-0.25, -0.2) is 0 Å². The summed E-state index contributed by atoms with van der Waals surface area (Å²) >= 11 is 1.71. The van der Waals surface area contributed by atoms with Crippen LogP contribution in [-0.4, -0.2) is 16.7 Å². The van der Waals surface area contributed by atoms with Crippen LogP contribution in [0.1, 0.15) is 40.0 Å². The number of hydrogen-bond donors (Lipinski definition) is 0. The van der Waals surface area contributed by atoms with E-state index in [9.17, 15) is 4.79 Å². The number of carbonyl (C=O) groups is 1. The molecule has 1 aliphatic carbocycles. The van der Waals surface area contributed by atoms with E-state index in [1.807, 2.05) is 0 Å². The zero-order valence-corrected chi connectivity index (χ0v) is 9.95. The van der Waals surface area contributed by atoms with E-state index in [4.69, 9.17) is 4.74 Å². The van der Waals surface area contributed by atoms with Gasteiger partial charge < -0.3 is 4.74 Å². The van der Waals surface area contributed by atoms with Gasteiger partial charge in [0.25, 0.3) is 0 Å². The average molecular weight is 214 g/mol. The third-order valence-electron chi connectivity index (χ3n) is 3.06. The molecule has 14 heavy (non-hydrogen) atoms. The molecule has 1 saturated carbocycles. The van der Waals surface area contributed by atoms with Gasteiger partial charge in [-0.1, -0.05) is 20.8 Å². The predicted octanol–water partition coefficient (Wildman–Crippen LogP) is 2.82. The van der Waals surface area contributed by atoms with Crippen LogP contribution < -0.4 is 0 Å². The second-order valence-corrected chi connectivity index (χ2v) is 6.85. The number of esters is 1. The highest BCUT2D eigenvalue weighted by Crippen LogP contribution is 2.53. The van der Waals surface area contributed by atoms with Gasteiger partial charge in [0.1, 0.15) is 0 Å². The fourth-order valence-corrected chi connectivity index (χ4v) is 4.55. The average Bonchev–Trinajstić information content (AvgIpc) is 2.26. The molecule has 0 bridgehead atoms. The molecule has 3 heteroatoms. The molecule has 0 N–H and O–H groups in total. The van der Waals surface area contributed by atoms with Crippen LogP contribution in [0.5, 0.6) is 0 Å². The molecule has 2 unspecified atom stereocenters. The summed E-state index contributed by atoms with van der Waals surface area (Å²) in [6.07, 6.45) is 3.29. The molecule has 1 aliphatic heterocycles. The number of ether oxygens (including phenoxy) is 1. The highest BCUT2D eigenvalue weighted by Gasteiger charge is 2.49. The Morgan fingerprint density at radius 2 is 2.14 bits per heavy atom. The smallest absolute Gasteiger partial charge is 0.317 e. The summed E-state index contributed by atoms with van der Waals surface area (Å²) in [6, 6.07) is 0. The number of carbonyl (C=O) groups excluding carboxylic acids is 1. The van der Waals surface area contributed by atoms with Gasteiger partial charge in [0.15, 0.2) is 4.93 Å². The fourth-order valence-electron chi connectivity index (χ4n) is 3.06. The Balaban J connectivity index is 2.16. The van der Waals surface area contributed by atoms with E-state index in [2.05, 4.69) is 20.8 Å². The highest BCUT2D eigenvalue weighted by molar-refractivity contribution is 8.01. The van der Waals surface area contributed by atoms with Crippen molar-refractivity contribution in [3.8, 4) is 0 Å². The zero-order valence-electron chi connectivity index (χ0n) is 9.13. The SMILES string of the molecule is CC1CC(C)(C)CC2(C1)OC(=O)CS2. The summed E-state index contributed by atoms with van der Waals surface area (Å²) < 4.78 is 5.52. The first-order chi connectivity index (χ1) is 6.41. The van der Waals surface area contributed by atoms with E-state index < -0.39 is 0 Å². The Kier molecular flexibility index (Phi) is 2.33. The minimum Gasteiger partial charge on any atom is -0.447 e. The van der Waals surface area contributed by atoms with Crippen LogP contribution >= 0.6 is 11.8 Å². The standard InChI is InChI=1S/C11H18O2S/c1-8-4-10(2,3)7-11(5-8)13-9(12)6-14-11/h8H,4-7H2,1-3H3. The summed E-state index contributed by atoms with van der Waals surface area (Å²) in [4.78, 5) is 11.0. The summed E-state index contributed by atoms with van der Waals surface area (Å²) in [7, 11) is 0. The quantitative estimate of drug-likeness (QED) is 0.580. The van der Waals surface area contributed by atoms with Gasteiger partial charge in [-0.15, -0.1) is 11.8 Å². The molecule has 2 nitrogen and oxygen atoms in total. The molecule has 0 aromatic heterocycles. The lowest BCUT2D eigenvalue weighted by Gasteiger charge is -2.43. The maximum atomic E-state index is 11.2. The van der Waals surface area contributed by atoms with Crippen molar-refractivity contribution >= 4 is 17.7 Å². The van der Waals surface area contributed by atoms with Crippen molar-refractivity contribution in [2.75, 3.05) is 5.75 Å². The molecular formula is C11H18O2S. The summed E-state index contributed by atoms with van der Waals surface area (Å²) in [5.41, 5.74) is 0.315. The third kappa shape index (κ3) is 1.92. The van der Waals surface area contributed by atoms with Gasteiger partial charge in [0.05, 0.1) is 5.75 Å². The molecule has 0 amide bonds. The predicted molar refractivity (Wildman–Crippen MR) is 58.1 cm³/mol. The zero-order chi connectivity index (χ0) is 10.4. The Morgan fingerprint density at radius 3 is 2.64 bits per heavy atom. The van der Waals surface area contributed by atoms with Crippen LogP contribution in [-0.2, 0) is 9.53 Å². The Bertz CT molecular complexity index is 262. The van der Waals surface area contributed by atoms with Gasteiger partial charge in [-0.3, -0.25) is 4.79 Å². The van der Waals surface area contributed by atoms with E-state index in [1.54, 1.807) is 11.8 Å². The molecule has 1 spiro atoms. The van der Waals surface area contributed by atoms with Crippen LogP contribution in [0, 0.1) is 11.3 Å². The summed E-state index contributed by atoms with van der Waals surface area (Å²) in [5.74, 6) is 1.18. The van der Waals surface area contributed by atoms with Crippen molar-refractivity contribution < 1.29 is 9.53 Å². The van der Waals surface area contributed by atoms with Crippen molar-refractivity contribution in [3.63, 3.8) is 0 Å².